The van der Waals surface area contributed by atoms with Gasteiger partial charge in [-0.2, -0.15) is 0 Å². The lowest BCUT2D eigenvalue weighted by Gasteiger charge is -2.34. The topological polar surface area (TPSA) is 66.8 Å². The number of hydrogen-bond acceptors (Lipinski definition) is 3. The van der Waals surface area contributed by atoms with Gasteiger partial charge in [-0.05, 0) is 56.7 Å². The van der Waals surface area contributed by atoms with Gasteiger partial charge < -0.3 is 14.9 Å². The van der Waals surface area contributed by atoms with Gasteiger partial charge in [-0.1, -0.05) is 12.1 Å². The summed E-state index contributed by atoms with van der Waals surface area (Å²) in [5.41, 5.74) is 1.26. The zero-order valence-electron chi connectivity index (χ0n) is 12.1. The predicted octanol–water partition coefficient (Wildman–Crippen LogP) is 2.69. The number of carboxylic acid groups (broad SMARTS) is 1. The fourth-order valence-electron chi connectivity index (χ4n) is 2.62. The van der Waals surface area contributed by atoms with E-state index in [-0.39, 0.29) is 12.5 Å². The number of rotatable bonds is 4. The Hall–Kier alpha value is -1.55. The van der Waals surface area contributed by atoms with E-state index in [2.05, 4.69) is 0 Å². The largest absolute Gasteiger partial charge is 0.490 e. The van der Waals surface area contributed by atoms with Gasteiger partial charge in [-0.15, -0.1) is 0 Å². The Kier molecular flexibility index (Phi) is 4.33. The normalized spacial score (nSPS) is 26.2. The molecule has 0 radical (unpaired) electrons. The standard InChI is InChI=1S/C16H22O4/c1-11-3-4-12(2)14(9-11)20-10-16(19)7-5-13(6-8-16)15(17)18/h3-4,9,13,19H,5-8,10H2,1-2H3,(H,17,18). The smallest absolute Gasteiger partial charge is 0.306 e. The number of aryl methyl sites for hydroxylation is 2. The van der Waals surface area contributed by atoms with Crippen LogP contribution in [0.1, 0.15) is 36.8 Å². The third-order valence-corrected chi connectivity index (χ3v) is 4.11. The summed E-state index contributed by atoms with van der Waals surface area (Å²) in [6, 6.07) is 5.98. The molecule has 4 nitrogen and oxygen atoms in total. The first-order valence-corrected chi connectivity index (χ1v) is 7.05. The Bertz CT molecular complexity index is 487. The summed E-state index contributed by atoms with van der Waals surface area (Å²) in [4.78, 5) is 10.9. The SMILES string of the molecule is Cc1ccc(C)c(OCC2(O)CCC(C(=O)O)CC2)c1. The molecule has 0 aromatic heterocycles. The first kappa shape index (κ1) is 14.9. The first-order valence-electron chi connectivity index (χ1n) is 7.05. The average Bonchev–Trinajstić information content (AvgIpc) is 2.40. The molecule has 1 saturated carbocycles. The van der Waals surface area contributed by atoms with Crippen LogP contribution in [0.2, 0.25) is 0 Å². The van der Waals surface area contributed by atoms with Crippen molar-refractivity contribution in [2.24, 2.45) is 5.92 Å². The van der Waals surface area contributed by atoms with Crippen molar-refractivity contribution in [3.63, 3.8) is 0 Å². The van der Waals surface area contributed by atoms with E-state index >= 15 is 0 Å². The van der Waals surface area contributed by atoms with Crippen molar-refractivity contribution in [2.45, 2.75) is 45.1 Å². The highest BCUT2D eigenvalue weighted by Crippen LogP contribution is 2.33. The molecule has 1 aromatic rings. The van der Waals surface area contributed by atoms with Gasteiger partial charge in [0.2, 0.25) is 0 Å². The monoisotopic (exact) mass is 278 g/mol. The van der Waals surface area contributed by atoms with Crippen LogP contribution in [0.15, 0.2) is 18.2 Å². The summed E-state index contributed by atoms with van der Waals surface area (Å²) in [6.07, 6.45) is 1.99. The van der Waals surface area contributed by atoms with Gasteiger partial charge >= 0.3 is 5.97 Å². The highest BCUT2D eigenvalue weighted by atomic mass is 16.5. The van der Waals surface area contributed by atoms with Crippen LogP contribution < -0.4 is 4.74 Å². The zero-order valence-corrected chi connectivity index (χ0v) is 12.1. The zero-order chi connectivity index (χ0) is 14.8. The molecular formula is C16H22O4. The minimum atomic E-state index is -0.901. The molecule has 0 aliphatic heterocycles. The summed E-state index contributed by atoms with van der Waals surface area (Å²) in [5, 5.41) is 19.4. The van der Waals surface area contributed by atoms with E-state index in [1.165, 1.54) is 0 Å². The highest BCUT2D eigenvalue weighted by molar-refractivity contribution is 5.70. The minimum Gasteiger partial charge on any atom is -0.490 e. The maximum atomic E-state index is 10.9. The van der Waals surface area contributed by atoms with E-state index in [1.807, 2.05) is 32.0 Å². The Morgan fingerprint density at radius 2 is 2.00 bits per heavy atom. The second kappa shape index (κ2) is 5.83. The molecule has 0 bridgehead atoms. The molecule has 2 rings (SSSR count). The highest BCUT2D eigenvalue weighted by Gasteiger charge is 2.36. The lowest BCUT2D eigenvalue weighted by atomic mass is 9.79. The van der Waals surface area contributed by atoms with E-state index in [1.54, 1.807) is 0 Å². The van der Waals surface area contributed by atoms with Crippen LogP contribution in [0.25, 0.3) is 0 Å². The number of carbonyl (C=O) groups is 1. The van der Waals surface area contributed by atoms with Crippen molar-refractivity contribution < 1.29 is 19.7 Å². The Morgan fingerprint density at radius 1 is 1.35 bits per heavy atom. The number of benzene rings is 1. The van der Waals surface area contributed by atoms with Crippen LogP contribution in [0.5, 0.6) is 5.75 Å². The third-order valence-electron chi connectivity index (χ3n) is 4.11. The average molecular weight is 278 g/mol. The minimum absolute atomic E-state index is 0.226. The van der Waals surface area contributed by atoms with Crippen molar-refractivity contribution >= 4 is 5.97 Å². The molecule has 0 unspecified atom stereocenters. The molecule has 0 heterocycles. The molecule has 4 heteroatoms. The molecular weight excluding hydrogens is 256 g/mol. The van der Waals surface area contributed by atoms with E-state index in [4.69, 9.17) is 9.84 Å². The molecule has 1 aliphatic rings. The number of ether oxygens (including phenoxy) is 1. The van der Waals surface area contributed by atoms with Crippen LogP contribution in [0, 0.1) is 19.8 Å². The fraction of sp³-hybridized carbons (Fsp3) is 0.562. The van der Waals surface area contributed by atoms with Crippen molar-refractivity contribution in [3.05, 3.63) is 29.3 Å². The van der Waals surface area contributed by atoms with Gasteiger partial charge in [0.25, 0.3) is 0 Å². The van der Waals surface area contributed by atoms with Gasteiger partial charge in [-0.3, -0.25) is 4.79 Å². The Balaban J connectivity index is 1.94. The second-order valence-electron chi connectivity index (χ2n) is 5.89. The lowest BCUT2D eigenvalue weighted by molar-refractivity contribution is -0.145. The number of hydrogen-bond donors (Lipinski definition) is 2. The quantitative estimate of drug-likeness (QED) is 0.888. The van der Waals surface area contributed by atoms with E-state index < -0.39 is 11.6 Å². The van der Waals surface area contributed by atoms with Crippen molar-refractivity contribution in [2.75, 3.05) is 6.61 Å². The van der Waals surface area contributed by atoms with Crippen LogP contribution in [0.4, 0.5) is 0 Å². The van der Waals surface area contributed by atoms with Crippen LogP contribution in [-0.2, 0) is 4.79 Å². The van der Waals surface area contributed by atoms with Gasteiger partial charge in [0, 0.05) is 0 Å². The number of aliphatic hydroxyl groups is 1. The van der Waals surface area contributed by atoms with Gasteiger partial charge in [0.15, 0.2) is 0 Å². The molecule has 1 aliphatic carbocycles. The van der Waals surface area contributed by atoms with Crippen LogP contribution >= 0.6 is 0 Å². The van der Waals surface area contributed by atoms with E-state index in [0.717, 1.165) is 16.9 Å². The van der Waals surface area contributed by atoms with Gasteiger partial charge in [0.05, 0.1) is 11.5 Å². The van der Waals surface area contributed by atoms with Crippen molar-refractivity contribution in [3.8, 4) is 5.75 Å². The summed E-state index contributed by atoms with van der Waals surface area (Å²) >= 11 is 0. The van der Waals surface area contributed by atoms with Gasteiger partial charge in [-0.25, -0.2) is 0 Å². The summed E-state index contributed by atoms with van der Waals surface area (Å²) in [5.74, 6) is -0.294. The van der Waals surface area contributed by atoms with Crippen molar-refractivity contribution in [1.29, 1.82) is 0 Å². The lowest BCUT2D eigenvalue weighted by Crippen LogP contribution is -2.41. The second-order valence-corrected chi connectivity index (χ2v) is 5.89. The van der Waals surface area contributed by atoms with Crippen LogP contribution in [-0.4, -0.2) is 28.4 Å². The third kappa shape index (κ3) is 3.51. The Morgan fingerprint density at radius 3 is 2.60 bits per heavy atom. The van der Waals surface area contributed by atoms with E-state index in [9.17, 15) is 9.90 Å². The summed E-state index contributed by atoms with van der Waals surface area (Å²) < 4.78 is 5.76. The predicted molar refractivity (Wildman–Crippen MR) is 76.0 cm³/mol. The molecule has 20 heavy (non-hydrogen) atoms. The molecule has 0 amide bonds. The molecule has 0 saturated heterocycles. The Labute approximate surface area is 119 Å². The maximum Gasteiger partial charge on any atom is 0.306 e. The van der Waals surface area contributed by atoms with Gasteiger partial charge in [0.1, 0.15) is 12.4 Å². The summed E-state index contributed by atoms with van der Waals surface area (Å²) in [6.45, 7) is 4.20. The number of aliphatic carboxylic acids is 1. The first-order chi connectivity index (χ1) is 9.39. The summed E-state index contributed by atoms with van der Waals surface area (Å²) in [7, 11) is 0. The van der Waals surface area contributed by atoms with Crippen LogP contribution in [0.3, 0.4) is 0 Å². The molecule has 0 spiro atoms. The maximum absolute atomic E-state index is 10.9. The molecule has 110 valence electrons. The molecule has 2 N–H and O–H groups in total. The number of carboxylic acids is 1. The molecule has 1 fully saturated rings. The molecule has 1 aromatic carbocycles. The van der Waals surface area contributed by atoms with E-state index in [0.29, 0.717) is 25.7 Å². The molecule has 0 atom stereocenters. The van der Waals surface area contributed by atoms with Crippen molar-refractivity contribution in [1.82, 2.24) is 0 Å². The fourth-order valence-corrected chi connectivity index (χ4v) is 2.62.